The summed E-state index contributed by atoms with van der Waals surface area (Å²) in [7, 11) is 0. The van der Waals surface area contributed by atoms with Gasteiger partial charge in [-0.3, -0.25) is 0 Å². The summed E-state index contributed by atoms with van der Waals surface area (Å²) in [6.45, 7) is 8.34. The topological polar surface area (TPSA) is 162 Å². The monoisotopic (exact) mass is 628 g/mol. The molecule has 0 aliphatic heterocycles. The Morgan fingerprint density at radius 1 is 0.366 bits per heavy atom. The molecular formula is C32H68O8Ti. The second-order valence-electron chi connectivity index (χ2n) is 12.3. The molecule has 8 nitrogen and oxygen atoms in total. The molecule has 8 atom stereocenters. The van der Waals surface area contributed by atoms with E-state index in [2.05, 4.69) is 0 Å². The Morgan fingerprint density at radius 2 is 0.561 bits per heavy atom. The van der Waals surface area contributed by atoms with Crippen LogP contribution >= 0.6 is 0 Å². The molecule has 0 aliphatic carbocycles. The number of hydrogen-bond acceptors (Lipinski definition) is 8. The summed E-state index contributed by atoms with van der Waals surface area (Å²) in [4.78, 5) is 0. The molecule has 0 radical (unpaired) electrons. The number of aliphatic hydroxyl groups excluding tert-OH is 8. The van der Waals surface area contributed by atoms with Crippen LogP contribution in [-0.2, 0) is 16.6 Å². The van der Waals surface area contributed by atoms with E-state index >= 15 is 0 Å². The van der Waals surface area contributed by atoms with E-state index in [1.165, 1.54) is 0 Å². The third-order valence-electron chi connectivity index (χ3n) is 9.86. The van der Waals surface area contributed by atoms with E-state index in [0.29, 0.717) is 77.0 Å². The Kier molecular flexibility index (Phi) is 24.9. The van der Waals surface area contributed by atoms with Crippen LogP contribution in [0.2, 0.25) is 0 Å². The first-order valence-corrected chi connectivity index (χ1v) is 20.5. The normalized spacial score (nSPS) is 19.6. The van der Waals surface area contributed by atoms with Crippen LogP contribution in [-0.4, -0.2) is 84.9 Å². The van der Waals surface area contributed by atoms with Crippen LogP contribution in [0.25, 0.3) is 0 Å². The molecule has 41 heavy (non-hydrogen) atoms. The van der Waals surface area contributed by atoms with Gasteiger partial charge in [-0.15, -0.1) is 0 Å². The Labute approximate surface area is 255 Å². The van der Waals surface area contributed by atoms with Crippen LogP contribution in [0, 0.1) is 23.7 Å². The van der Waals surface area contributed by atoms with Crippen molar-refractivity contribution in [3.63, 3.8) is 0 Å². The molecule has 0 saturated heterocycles. The fraction of sp³-hybridized carbons (Fsp3) is 1.00. The maximum absolute atomic E-state index is 12.5. The minimum atomic E-state index is -4.58. The van der Waals surface area contributed by atoms with Crippen LogP contribution < -0.4 is 0 Å². The van der Waals surface area contributed by atoms with Crippen LogP contribution in [0.3, 0.4) is 0 Å². The number of aliphatic hydroxyl groups is 8. The standard InChI is InChI=1S/4C8H17O2.Ti/c4*1-2-8(7-10)5-3-4-6-9;/h4*7-10H,2-6H2,1H3;. The molecule has 248 valence electrons. The van der Waals surface area contributed by atoms with Gasteiger partial charge in [0, 0.05) is 0 Å². The molecule has 0 spiro atoms. The van der Waals surface area contributed by atoms with Crippen molar-refractivity contribution in [2.24, 2.45) is 23.7 Å². The number of hydrogen-bond donors (Lipinski definition) is 8. The van der Waals surface area contributed by atoms with Crippen molar-refractivity contribution < 1.29 is 57.4 Å². The SMILES string of the molecule is CCC(CCCCO)[CH](O)[Ti]([CH](O)C(CC)CCCCO)([CH](O)C(CC)CCCCO)[CH](O)C(CC)CCCCO. The average molecular weight is 629 g/mol. The summed E-state index contributed by atoms with van der Waals surface area (Å²) in [6.07, 6.45) is 10.6. The molecule has 0 fully saturated rings. The molecule has 0 rings (SSSR count). The molecule has 9 heteroatoms. The van der Waals surface area contributed by atoms with Crippen LogP contribution in [0.5, 0.6) is 0 Å². The van der Waals surface area contributed by atoms with Crippen molar-refractivity contribution in [2.45, 2.75) is 148 Å². The van der Waals surface area contributed by atoms with Crippen molar-refractivity contribution in [3.05, 3.63) is 0 Å². The van der Waals surface area contributed by atoms with Gasteiger partial charge in [-0.1, -0.05) is 0 Å². The number of rotatable bonds is 28. The van der Waals surface area contributed by atoms with Gasteiger partial charge in [0.05, 0.1) is 0 Å². The third kappa shape index (κ3) is 12.7. The molecule has 0 aromatic carbocycles. The second kappa shape index (κ2) is 24.7. The van der Waals surface area contributed by atoms with Crippen molar-refractivity contribution in [3.8, 4) is 0 Å². The van der Waals surface area contributed by atoms with Crippen molar-refractivity contribution in [1.29, 1.82) is 0 Å². The average Bonchev–Trinajstić information content (AvgIpc) is 2.98. The summed E-state index contributed by atoms with van der Waals surface area (Å²) in [5.74, 6) is -0.832. The van der Waals surface area contributed by atoms with Gasteiger partial charge in [-0.05, 0) is 0 Å². The fourth-order valence-corrected chi connectivity index (χ4v) is 18.0. The fourth-order valence-electron chi connectivity index (χ4n) is 7.10. The molecule has 0 aromatic rings. The Morgan fingerprint density at radius 3 is 0.707 bits per heavy atom. The predicted octanol–water partition coefficient (Wildman–Crippen LogP) is 4.17. The predicted molar refractivity (Wildman–Crippen MR) is 163 cm³/mol. The first-order chi connectivity index (χ1) is 19.7. The molecule has 0 aliphatic rings. The molecule has 8 N–H and O–H groups in total. The van der Waals surface area contributed by atoms with Gasteiger partial charge in [-0.25, -0.2) is 0 Å². The van der Waals surface area contributed by atoms with Gasteiger partial charge in [-0.2, -0.15) is 0 Å². The first kappa shape index (κ1) is 41.4. The van der Waals surface area contributed by atoms with Crippen LogP contribution in [0.15, 0.2) is 0 Å². The zero-order chi connectivity index (χ0) is 31.3. The molecule has 0 amide bonds. The Balaban J connectivity index is 7.13. The summed E-state index contributed by atoms with van der Waals surface area (Å²) in [6, 6.07) is 0. The summed E-state index contributed by atoms with van der Waals surface area (Å²) in [5, 5.41) is 87.6. The van der Waals surface area contributed by atoms with Crippen molar-refractivity contribution in [2.75, 3.05) is 26.4 Å². The van der Waals surface area contributed by atoms with E-state index in [0.717, 1.165) is 25.7 Å². The van der Waals surface area contributed by atoms with Gasteiger partial charge >= 0.3 is 256 Å². The first-order valence-electron chi connectivity index (χ1n) is 16.9. The second-order valence-corrected chi connectivity index (χ2v) is 19.1. The zero-order valence-electron chi connectivity index (χ0n) is 26.8. The van der Waals surface area contributed by atoms with Crippen LogP contribution in [0.1, 0.15) is 130 Å². The molecule has 8 unspecified atom stereocenters. The zero-order valence-corrected chi connectivity index (χ0v) is 28.4. The van der Waals surface area contributed by atoms with Crippen molar-refractivity contribution >= 4 is 0 Å². The van der Waals surface area contributed by atoms with E-state index in [4.69, 9.17) is 0 Å². The Bertz CT molecular complexity index is 497. The van der Waals surface area contributed by atoms with E-state index in [1.807, 2.05) is 27.7 Å². The third-order valence-corrected chi connectivity index (χ3v) is 19.2. The number of unbranched alkanes of at least 4 members (excludes halogenated alkanes) is 4. The summed E-state index contributed by atoms with van der Waals surface area (Å²) < 4.78 is -3.98. The molecular weight excluding hydrogens is 560 g/mol. The molecule has 0 saturated carbocycles. The maximum atomic E-state index is 12.5. The van der Waals surface area contributed by atoms with Gasteiger partial charge < -0.3 is 0 Å². The van der Waals surface area contributed by atoms with Crippen LogP contribution in [0.4, 0.5) is 0 Å². The van der Waals surface area contributed by atoms with Gasteiger partial charge in [0.2, 0.25) is 0 Å². The van der Waals surface area contributed by atoms with Crippen molar-refractivity contribution in [1.82, 2.24) is 0 Å². The van der Waals surface area contributed by atoms with E-state index in [9.17, 15) is 40.9 Å². The Hall–Kier alpha value is 0.394. The van der Waals surface area contributed by atoms with Gasteiger partial charge in [0.25, 0.3) is 0 Å². The van der Waals surface area contributed by atoms with E-state index in [-0.39, 0.29) is 50.1 Å². The summed E-state index contributed by atoms with van der Waals surface area (Å²) in [5.41, 5.74) is 0. The molecule has 0 bridgehead atoms. The van der Waals surface area contributed by atoms with Gasteiger partial charge in [0.15, 0.2) is 0 Å². The minimum absolute atomic E-state index is 0.0707. The van der Waals surface area contributed by atoms with Gasteiger partial charge in [0.1, 0.15) is 0 Å². The van der Waals surface area contributed by atoms with E-state index in [1.54, 1.807) is 0 Å². The van der Waals surface area contributed by atoms with E-state index < -0.39 is 34.2 Å². The summed E-state index contributed by atoms with van der Waals surface area (Å²) >= 11 is -4.58. The quantitative estimate of drug-likeness (QED) is 0.0473. The molecule has 0 aromatic heterocycles. The molecule has 0 heterocycles.